The van der Waals surface area contributed by atoms with Crippen molar-refractivity contribution >= 4 is 16.7 Å². The number of hydrogen-bond donors (Lipinski definition) is 1. The maximum atomic E-state index is 4.51. The lowest BCUT2D eigenvalue weighted by Gasteiger charge is -1.94. The molecule has 0 amide bonds. The highest BCUT2D eigenvalue weighted by Crippen LogP contribution is 2.13. The molecule has 0 bridgehead atoms. The highest BCUT2D eigenvalue weighted by Gasteiger charge is 2.10. The SMILES string of the molecule is Cc1ccn(Cc2nc3c4cn[nH]c4ncn3n2)n1. The monoisotopic (exact) mass is 254 g/mol. The molecule has 94 valence electrons. The van der Waals surface area contributed by atoms with Crippen molar-refractivity contribution in [2.45, 2.75) is 13.5 Å². The average molecular weight is 254 g/mol. The minimum atomic E-state index is 0.537. The largest absolute Gasteiger partial charge is 0.265 e. The fraction of sp³-hybridized carbons (Fsp3) is 0.182. The molecule has 0 saturated heterocycles. The Morgan fingerprint density at radius 3 is 3.11 bits per heavy atom. The van der Waals surface area contributed by atoms with E-state index in [0.717, 1.165) is 16.7 Å². The van der Waals surface area contributed by atoms with Crippen LogP contribution in [0.25, 0.3) is 16.7 Å². The summed E-state index contributed by atoms with van der Waals surface area (Å²) in [7, 11) is 0. The van der Waals surface area contributed by atoms with Gasteiger partial charge in [0.25, 0.3) is 0 Å². The van der Waals surface area contributed by atoms with Gasteiger partial charge in [0.2, 0.25) is 0 Å². The van der Waals surface area contributed by atoms with Gasteiger partial charge in [-0.15, -0.1) is 5.10 Å². The first-order chi connectivity index (χ1) is 9.29. The normalized spacial score (nSPS) is 11.6. The van der Waals surface area contributed by atoms with E-state index in [1.165, 1.54) is 0 Å². The van der Waals surface area contributed by atoms with Gasteiger partial charge in [0.05, 0.1) is 17.3 Å². The van der Waals surface area contributed by atoms with Crippen LogP contribution in [0, 0.1) is 6.92 Å². The van der Waals surface area contributed by atoms with Crippen molar-refractivity contribution in [3.63, 3.8) is 0 Å². The third-order valence-electron chi connectivity index (χ3n) is 2.91. The van der Waals surface area contributed by atoms with Crippen LogP contribution in [0.15, 0.2) is 24.8 Å². The summed E-state index contributed by atoms with van der Waals surface area (Å²) < 4.78 is 3.47. The molecule has 0 fully saturated rings. The van der Waals surface area contributed by atoms with Crippen molar-refractivity contribution in [1.82, 2.24) is 39.6 Å². The highest BCUT2D eigenvalue weighted by atomic mass is 15.3. The summed E-state index contributed by atoms with van der Waals surface area (Å²) in [5.41, 5.74) is 2.43. The second kappa shape index (κ2) is 3.61. The molecule has 0 unspecified atom stereocenters. The first-order valence-corrected chi connectivity index (χ1v) is 5.83. The Kier molecular flexibility index (Phi) is 1.93. The predicted octanol–water partition coefficient (Wildman–Crippen LogP) is 0.554. The minimum Gasteiger partial charge on any atom is -0.265 e. The van der Waals surface area contributed by atoms with Crippen molar-refractivity contribution in [3.05, 3.63) is 36.3 Å². The molecule has 0 aliphatic rings. The maximum absolute atomic E-state index is 4.51. The molecule has 1 N–H and O–H groups in total. The van der Waals surface area contributed by atoms with Gasteiger partial charge in [-0.2, -0.15) is 10.2 Å². The number of nitrogens with one attached hydrogen (secondary N) is 1. The third kappa shape index (κ3) is 1.57. The van der Waals surface area contributed by atoms with Crippen LogP contribution in [0.1, 0.15) is 11.5 Å². The lowest BCUT2D eigenvalue weighted by molar-refractivity contribution is 0.648. The summed E-state index contributed by atoms with van der Waals surface area (Å²) in [4.78, 5) is 8.72. The summed E-state index contributed by atoms with van der Waals surface area (Å²) in [5, 5.41) is 16.3. The first-order valence-electron chi connectivity index (χ1n) is 5.83. The smallest absolute Gasteiger partial charge is 0.173 e. The highest BCUT2D eigenvalue weighted by molar-refractivity contribution is 5.87. The summed E-state index contributed by atoms with van der Waals surface area (Å²) in [6, 6.07) is 1.95. The van der Waals surface area contributed by atoms with Crippen molar-refractivity contribution in [1.29, 1.82) is 0 Å². The number of H-pyrrole nitrogens is 1. The van der Waals surface area contributed by atoms with Crippen LogP contribution >= 0.6 is 0 Å². The van der Waals surface area contributed by atoms with Gasteiger partial charge in [-0.3, -0.25) is 9.78 Å². The van der Waals surface area contributed by atoms with Crippen LogP contribution in [-0.2, 0) is 6.54 Å². The van der Waals surface area contributed by atoms with E-state index in [1.54, 1.807) is 17.0 Å². The van der Waals surface area contributed by atoms with Crippen LogP contribution in [0.5, 0.6) is 0 Å². The molecule has 0 aliphatic heterocycles. The zero-order valence-electron chi connectivity index (χ0n) is 10.1. The topological polar surface area (TPSA) is 89.6 Å². The number of hydrogen-bond acceptors (Lipinski definition) is 5. The predicted molar refractivity (Wildman–Crippen MR) is 66.5 cm³/mol. The van der Waals surface area contributed by atoms with Gasteiger partial charge in [0.1, 0.15) is 12.9 Å². The van der Waals surface area contributed by atoms with Crippen molar-refractivity contribution in [2.24, 2.45) is 0 Å². The fourth-order valence-corrected chi connectivity index (χ4v) is 2.05. The Hall–Kier alpha value is -2.77. The number of aromatic nitrogens is 8. The van der Waals surface area contributed by atoms with Gasteiger partial charge in [0, 0.05) is 6.20 Å². The molecule has 19 heavy (non-hydrogen) atoms. The van der Waals surface area contributed by atoms with Crippen LogP contribution in [-0.4, -0.2) is 39.6 Å². The van der Waals surface area contributed by atoms with E-state index in [2.05, 4.69) is 30.4 Å². The Bertz CT molecular complexity index is 867. The molecule has 8 nitrogen and oxygen atoms in total. The van der Waals surface area contributed by atoms with E-state index in [1.807, 2.05) is 23.9 Å². The molecule has 0 saturated carbocycles. The van der Waals surface area contributed by atoms with Crippen LogP contribution < -0.4 is 0 Å². The Labute approximate surface area is 107 Å². The Morgan fingerprint density at radius 2 is 2.26 bits per heavy atom. The van der Waals surface area contributed by atoms with Crippen LogP contribution in [0.4, 0.5) is 0 Å². The molecule has 0 spiro atoms. The van der Waals surface area contributed by atoms with E-state index in [9.17, 15) is 0 Å². The number of aryl methyl sites for hydroxylation is 1. The van der Waals surface area contributed by atoms with Gasteiger partial charge in [-0.1, -0.05) is 0 Å². The first kappa shape index (κ1) is 10.2. The molecule has 8 heteroatoms. The second-order valence-corrected chi connectivity index (χ2v) is 4.33. The van der Waals surface area contributed by atoms with Gasteiger partial charge < -0.3 is 0 Å². The summed E-state index contributed by atoms with van der Waals surface area (Å²) in [5.74, 6) is 0.693. The molecule has 0 atom stereocenters. The Morgan fingerprint density at radius 1 is 1.32 bits per heavy atom. The van der Waals surface area contributed by atoms with Crippen molar-refractivity contribution < 1.29 is 0 Å². The lowest BCUT2D eigenvalue weighted by Crippen LogP contribution is -2.02. The second-order valence-electron chi connectivity index (χ2n) is 4.33. The molecule has 0 radical (unpaired) electrons. The zero-order valence-corrected chi connectivity index (χ0v) is 10.1. The van der Waals surface area contributed by atoms with Gasteiger partial charge in [0.15, 0.2) is 17.1 Å². The molecular weight excluding hydrogens is 244 g/mol. The fourth-order valence-electron chi connectivity index (χ4n) is 2.05. The number of nitrogens with zero attached hydrogens (tertiary/aromatic N) is 7. The number of aromatic amines is 1. The lowest BCUT2D eigenvalue weighted by atomic mass is 10.4. The molecular formula is C11H10N8. The molecule has 4 rings (SSSR count). The van der Waals surface area contributed by atoms with Crippen molar-refractivity contribution in [3.8, 4) is 0 Å². The minimum absolute atomic E-state index is 0.537. The maximum Gasteiger partial charge on any atom is 0.173 e. The van der Waals surface area contributed by atoms with Crippen molar-refractivity contribution in [2.75, 3.05) is 0 Å². The van der Waals surface area contributed by atoms with Gasteiger partial charge in [-0.25, -0.2) is 14.5 Å². The van der Waals surface area contributed by atoms with E-state index in [4.69, 9.17) is 0 Å². The van der Waals surface area contributed by atoms with E-state index >= 15 is 0 Å². The summed E-state index contributed by atoms with van der Waals surface area (Å²) in [6.07, 6.45) is 5.24. The van der Waals surface area contributed by atoms with Gasteiger partial charge in [-0.05, 0) is 13.0 Å². The molecule has 0 aromatic carbocycles. The van der Waals surface area contributed by atoms with Crippen LogP contribution in [0.2, 0.25) is 0 Å². The Balaban J connectivity index is 1.82. The summed E-state index contributed by atoms with van der Waals surface area (Å²) >= 11 is 0. The van der Waals surface area contributed by atoms with E-state index in [-0.39, 0.29) is 0 Å². The molecule has 4 aromatic heterocycles. The van der Waals surface area contributed by atoms with E-state index < -0.39 is 0 Å². The molecule has 4 heterocycles. The molecule has 4 aromatic rings. The summed E-state index contributed by atoms with van der Waals surface area (Å²) in [6.45, 7) is 2.49. The zero-order chi connectivity index (χ0) is 12.8. The number of fused-ring (bicyclic) bond motifs is 3. The van der Waals surface area contributed by atoms with Crippen LogP contribution in [0.3, 0.4) is 0 Å². The standard InChI is InChI=1S/C11H10N8/c1-7-2-3-18(16-7)5-9-14-11-8-4-13-15-10(8)12-6-19(11)17-9/h2-4,6H,5H2,1H3,(H,13,15). The molecule has 0 aliphatic carbocycles. The van der Waals surface area contributed by atoms with E-state index in [0.29, 0.717) is 18.0 Å². The average Bonchev–Trinajstić information content (AvgIpc) is 3.07. The quantitative estimate of drug-likeness (QED) is 0.564. The number of rotatable bonds is 2. The third-order valence-corrected chi connectivity index (χ3v) is 2.91. The van der Waals surface area contributed by atoms with Gasteiger partial charge >= 0.3 is 0 Å².